The average Bonchev–Trinajstić information content (AvgIpc) is 2.67. The molecule has 2 N–H and O–H groups in total. The summed E-state index contributed by atoms with van der Waals surface area (Å²) in [5, 5.41) is 6.91. The van der Waals surface area contributed by atoms with Gasteiger partial charge in [-0.1, -0.05) is 12.1 Å². The van der Waals surface area contributed by atoms with Crippen LogP contribution in [0.1, 0.15) is 45.6 Å². The third-order valence-electron chi connectivity index (χ3n) is 3.75. The van der Waals surface area contributed by atoms with E-state index < -0.39 is 11.8 Å². The van der Waals surface area contributed by atoms with Gasteiger partial charge in [0.15, 0.2) is 0 Å². The van der Waals surface area contributed by atoms with Gasteiger partial charge in [0, 0.05) is 19.6 Å². The zero-order valence-electron chi connectivity index (χ0n) is 16.7. The van der Waals surface area contributed by atoms with E-state index in [2.05, 4.69) is 4.72 Å². The van der Waals surface area contributed by atoms with Crippen molar-refractivity contribution < 1.29 is 28.6 Å². The van der Waals surface area contributed by atoms with E-state index in [9.17, 15) is 14.0 Å². The molecule has 0 heterocycles. The first-order chi connectivity index (χ1) is 13.4. The molecule has 1 aromatic rings. The van der Waals surface area contributed by atoms with Crippen LogP contribution >= 0.6 is 11.9 Å². The number of rotatable bonds is 7. The molecule has 28 heavy (non-hydrogen) atoms. The highest BCUT2D eigenvalue weighted by Gasteiger charge is 2.26. The molecular weight excluding hydrogens is 385 g/mol. The number of halogens is 1. The molecule has 0 aromatic heterocycles. The summed E-state index contributed by atoms with van der Waals surface area (Å²) in [5.74, 6) is -1.16. The van der Waals surface area contributed by atoms with Crippen LogP contribution in [0.25, 0.3) is 0 Å². The summed E-state index contributed by atoms with van der Waals surface area (Å²) in [6.07, 6.45) is 4.38. The summed E-state index contributed by atoms with van der Waals surface area (Å²) >= 11 is 1.31. The largest absolute Gasteiger partial charge is 0.461 e. The van der Waals surface area contributed by atoms with E-state index in [4.69, 9.17) is 14.6 Å². The fourth-order valence-corrected chi connectivity index (χ4v) is 3.56. The van der Waals surface area contributed by atoms with Crippen molar-refractivity contribution >= 4 is 29.6 Å². The first-order valence-corrected chi connectivity index (χ1v) is 9.94. The zero-order chi connectivity index (χ0) is 21.1. The molecule has 0 aliphatic heterocycles. The Balaban J connectivity index is 0.00000190. The lowest BCUT2D eigenvalue weighted by molar-refractivity contribution is -0.143. The molecule has 1 aliphatic rings. The van der Waals surface area contributed by atoms with Gasteiger partial charge in [0.05, 0.1) is 17.0 Å². The average molecular weight is 414 g/mol. The number of allylic oxidation sites excluding steroid dienone is 1. The molecule has 1 unspecified atom stereocenters. The zero-order valence-corrected chi connectivity index (χ0v) is 17.5. The topological polar surface area (TPSA) is 84.9 Å². The SMILES string of the molecule is CC(=O)OCc1ccc(NSC2CCCC=C2C(=O)OC(C)C)c(F)c1.CO. The number of esters is 2. The first kappa shape index (κ1) is 24.0. The van der Waals surface area contributed by atoms with E-state index in [1.807, 2.05) is 19.9 Å². The van der Waals surface area contributed by atoms with Crippen LogP contribution in [-0.2, 0) is 25.7 Å². The molecule has 0 amide bonds. The predicted molar refractivity (Wildman–Crippen MR) is 108 cm³/mol. The molecular formula is C20H28FNO5S. The van der Waals surface area contributed by atoms with E-state index in [1.54, 1.807) is 12.1 Å². The van der Waals surface area contributed by atoms with Crippen molar-refractivity contribution in [3.63, 3.8) is 0 Å². The van der Waals surface area contributed by atoms with Gasteiger partial charge in [0.2, 0.25) is 0 Å². The van der Waals surface area contributed by atoms with Gasteiger partial charge < -0.3 is 19.3 Å². The van der Waals surface area contributed by atoms with Gasteiger partial charge in [-0.2, -0.15) is 0 Å². The summed E-state index contributed by atoms with van der Waals surface area (Å²) in [6.45, 7) is 4.97. The normalized spacial score (nSPS) is 15.8. The van der Waals surface area contributed by atoms with Crippen molar-refractivity contribution in [1.29, 1.82) is 0 Å². The molecule has 0 bridgehead atoms. The van der Waals surface area contributed by atoms with E-state index in [-0.39, 0.29) is 23.9 Å². The first-order valence-electron chi connectivity index (χ1n) is 9.06. The van der Waals surface area contributed by atoms with Crippen LogP contribution in [0.5, 0.6) is 0 Å². The van der Waals surface area contributed by atoms with E-state index in [0.29, 0.717) is 16.8 Å². The second kappa shape index (κ2) is 12.4. The van der Waals surface area contributed by atoms with Crippen molar-refractivity contribution in [2.75, 3.05) is 11.8 Å². The second-order valence-corrected chi connectivity index (χ2v) is 7.36. The molecule has 2 rings (SSSR count). The standard InChI is InChI=1S/C19H24FNO4S.CH4O/c1-12(2)25-19(23)15-6-4-5-7-18(15)26-21-17-9-8-14(10-16(17)20)11-24-13(3)22;1-2/h6,8-10,12,18,21H,4-5,7,11H2,1-3H3;2H,1H3. The number of aliphatic hydroxyl groups excluding tert-OH is 1. The maximum Gasteiger partial charge on any atom is 0.335 e. The minimum Gasteiger partial charge on any atom is -0.461 e. The van der Waals surface area contributed by atoms with Crippen molar-refractivity contribution in [2.45, 2.75) is 58.0 Å². The number of carbonyl (C=O) groups excluding carboxylic acids is 2. The molecule has 8 heteroatoms. The summed E-state index contributed by atoms with van der Waals surface area (Å²) in [6, 6.07) is 4.62. The predicted octanol–water partition coefficient (Wildman–Crippen LogP) is 3.99. The Morgan fingerprint density at radius 3 is 2.68 bits per heavy atom. The summed E-state index contributed by atoms with van der Waals surface area (Å²) < 4.78 is 27.4. The number of aliphatic hydroxyl groups is 1. The second-order valence-electron chi connectivity index (χ2n) is 6.35. The highest BCUT2D eigenvalue weighted by Crippen LogP contribution is 2.32. The van der Waals surface area contributed by atoms with Gasteiger partial charge in [0.1, 0.15) is 12.4 Å². The molecule has 0 spiro atoms. The van der Waals surface area contributed by atoms with Crippen LogP contribution in [0.3, 0.4) is 0 Å². The Hall–Kier alpha value is -2.06. The lowest BCUT2D eigenvalue weighted by Crippen LogP contribution is -2.24. The van der Waals surface area contributed by atoms with E-state index >= 15 is 0 Å². The molecule has 0 fully saturated rings. The summed E-state index contributed by atoms with van der Waals surface area (Å²) in [4.78, 5) is 23.0. The minimum atomic E-state index is -0.437. The lowest BCUT2D eigenvalue weighted by atomic mass is 9.99. The lowest BCUT2D eigenvalue weighted by Gasteiger charge is -2.23. The van der Waals surface area contributed by atoms with E-state index in [0.717, 1.165) is 26.4 Å². The number of benzene rings is 1. The number of anilines is 1. The monoisotopic (exact) mass is 413 g/mol. The molecule has 1 atom stereocenters. The fourth-order valence-electron chi connectivity index (χ4n) is 2.52. The van der Waals surface area contributed by atoms with Gasteiger partial charge in [-0.15, -0.1) is 0 Å². The Morgan fingerprint density at radius 2 is 2.07 bits per heavy atom. The third-order valence-corrected chi connectivity index (χ3v) is 4.86. The van der Waals surface area contributed by atoms with Crippen LogP contribution in [-0.4, -0.2) is 35.5 Å². The Labute approximate surface area is 169 Å². The number of carbonyl (C=O) groups is 2. The van der Waals surface area contributed by atoms with Gasteiger partial charge >= 0.3 is 11.9 Å². The van der Waals surface area contributed by atoms with Crippen molar-refractivity contribution in [3.8, 4) is 0 Å². The van der Waals surface area contributed by atoms with Gasteiger partial charge in [-0.3, -0.25) is 4.79 Å². The maximum atomic E-state index is 14.2. The van der Waals surface area contributed by atoms with Crippen LogP contribution in [0.4, 0.5) is 10.1 Å². The number of nitrogens with one attached hydrogen (secondary N) is 1. The molecule has 156 valence electrons. The summed E-state index contributed by atoms with van der Waals surface area (Å²) in [5.41, 5.74) is 1.53. The molecule has 1 aliphatic carbocycles. The van der Waals surface area contributed by atoms with Gasteiger partial charge in [-0.05, 0) is 62.8 Å². The Morgan fingerprint density at radius 1 is 1.36 bits per heavy atom. The fraction of sp³-hybridized carbons (Fsp3) is 0.500. The molecule has 0 radical (unpaired) electrons. The Kier molecular flexibility index (Phi) is 10.6. The van der Waals surface area contributed by atoms with Crippen LogP contribution in [0.15, 0.2) is 29.8 Å². The number of ether oxygens (including phenoxy) is 2. The quantitative estimate of drug-likeness (QED) is 0.516. The molecule has 0 saturated heterocycles. The third kappa shape index (κ3) is 7.90. The summed E-state index contributed by atoms with van der Waals surface area (Å²) in [7, 11) is 1.00. The molecule has 1 aromatic carbocycles. The number of hydrogen-bond acceptors (Lipinski definition) is 7. The smallest absolute Gasteiger partial charge is 0.335 e. The Bertz CT molecular complexity index is 693. The van der Waals surface area contributed by atoms with E-state index in [1.165, 1.54) is 24.9 Å². The van der Waals surface area contributed by atoms with Crippen LogP contribution in [0, 0.1) is 5.82 Å². The highest BCUT2D eigenvalue weighted by atomic mass is 32.2. The maximum absolute atomic E-state index is 14.2. The van der Waals surface area contributed by atoms with Crippen molar-refractivity contribution in [3.05, 3.63) is 41.2 Å². The van der Waals surface area contributed by atoms with Crippen LogP contribution < -0.4 is 4.72 Å². The van der Waals surface area contributed by atoms with Gasteiger partial charge in [0.25, 0.3) is 0 Å². The van der Waals surface area contributed by atoms with Gasteiger partial charge in [-0.25, -0.2) is 9.18 Å². The minimum absolute atomic E-state index is 0.0379. The van der Waals surface area contributed by atoms with Crippen LogP contribution in [0.2, 0.25) is 0 Å². The molecule has 0 saturated carbocycles. The number of hydrogen-bond donors (Lipinski definition) is 2. The highest BCUT2D eigenvalue weighted by molar-refractivity contribution is 8.01. The van der Waals surface area contributed by atoms with Crippen molar-refractivity contribution in [1.82, 2.24) is 0 Å². The van der Waals surface area contributed by atoms with Crippen molar-refractivity contribution in [2.24, 2.45) is 0 Å². The molecule has 6 nitrogen and oxygen atoms in total.